The van der Waals surface area contributed by atoms with Crippen LogP contribution in [0, 0.1) is 18.7 Å². The van der Waals surface area contributed by atoms with Crippen molar-refractivity contribution in [2.45, 2.75) is 13.3 Å². The SMILES string of the molecule is Cc1nnc2ccc(NCC3CCN(c4ccccc4F)C3)nn12. The van der Waals surface area contributed by atoms with Crippen LogP contribution in [0.3, 0.4) is 0 Å². The lowest BCUT2D eigenvalue weighted by Crippen LogP contribution is -2.23. The van der Waals surface area contributed by atoms with Gasteiger partial charge in [-0.1, -0.05) is 12.1 Å². The third-order valence-electron chi connectivity index (χ3n) is 4.47. The van der Waals surface area contributed by atoms with Crippen molar-refractivity contribution in [1.82, 2.24) is 19.8 Å². The summed E-state index contributed by atoms with van der Waals surface area (Å²) in [5.41, 5.74) is 1.43. The van der Waals surface area contributed by atoms with Gasteiger partial charge in [-0.05, 0) is 43.5 Å². The number of benzene rings is 1. The smallest absolute Gasteiger partial charge is 0.178 e. The van der Waals surface area contributed by atoms with Crippen LogP contribution in [0.1, 0.15) is 12.2 Å². The third kappa shape index (κ3) is 2.77. The summed E-state index contributed by atoms with van der Waals surface area (Å²) >= 11 is 0. The van der Waals surface area contributed by atoms with Gasteiger partial charge in [0.1, 0.15) is 11.6 Å². The molecule has 0 radical (unpaired) electrons. The van der Waals surface area contributed by atoms with Gasteiger partial charge < -0.3 is 10.2 Å². The van der Waals surface area contributed by atoms with Crippen molar-refractivity contribution in [3.63, 3.8) is 0 Å². The van der Waals surface area contributed by atoms with E-state index in [9.17, 15) is 4.39 Å². The number of nitrogens with one attached hydrogen (secondary N) is 1. The molecule has 0 amide bonds. The van der Waals surface area contributed by atoms with Gasteiger partial charge in [0.05, 0.1) is 5.69 Å². The van der Waals surface area contributed by atoms with Gasteiger partial charge in [-0.2, -0.15) is 4.52 Å². The minimum atomic E-state index is -0.152. The molecule has 1 atom stereocenters. The number of halogens is 1. The Morgan fingerprint density at radius 1 is 1.21 bits per heavy atom. The van der Waals surface area contributed by atoms with Gasteiger partial charge in [0.15, 0.2) is 11.5 Å². The quantitative estimate of drug-likeness (QED) is 0.798. The average molecular weight is 326 g/mol. The van der Waals surface area contributed by atoms with Gasteiger partial charge in [-0.3, -0.25) is 0 Å². The Kier molecular flexibility index (Phi) is 3.76. The number of anilines is 2. The molecule has 1 fully saturated rings. The van der Waals surface area contributed by atoms with Crippen molar-refractivity contribution in [2.24, 2.45) is 5.92 Å². The van der Waals surface area contributed by atoms with E-state index in [1.54, 1.807) is 10.6 Å². The van der Waals surface area contributed by atoms with Crippen LogP contribution in [0.25, 0.3) is 5.65 Å². The van der Waals surface area contributed by atoms with Gasteiger partial charge in [0.25, 0.3) is 0 Å². The van der Waals surface area contributed by atoms with Gasteiger partial charge in [-0.15, -0.1) is 15.3 Å². The molecule has 2 aromatic heterocycles. The van der Waals surface area contributed by atoms with Crippen molar-refractivity contribution < 1.29 is 4.39 Å². The largest absolute Gasteiger partial charge is 0.369 e. The topological polar surface area (TPSA) is 58.4 Å². The first-order chi connectivity index (χ1) is 11.7. The predicted octanol–water partition coefficient (Wildman–Crippen LogP) is 2.51. The molecule has 6 nitrogen and oxygen atoms in total. The highest BCUT2D eigenvalue weighted by atomic mass is 19.1. The van der Waals surface area contributed by atoms with E-state index in [4.69, 9.17) is 0 Å². The highest BCUT2D eigenvalue weighted by molar-refractivity contribution is 5.49. The fourth-order valence-electron chi connectivity index (χ4n) is 3.17. The number of hydrogen-bond donors (Lipinski definition) is 1. The second-order valence-corrected chi connectivity index (χ2v) is 6.17. The number of nitrogens with zero attached hydrogens (tertiary/aromatic N) is 5. The molecule has 1 aliphatic rings. The standard InChI is InChI=1S/C17H19FN6/c1-12-20-21-17-7-6-16(22-24(12)17)19-10-13-8-9-23(11-13)15-5-3-2-4-14(15)18/h2-7,13H,8-11H2,1H3,(H,19,22). The summed E-state index contributed by atoms with van der Waals surface area (Å²) in [4.78, 5) is 2.11. The van der Waals surface area contributed by atoms with Crippen LogP contribution in [0.2, 0.25) is 0 Å². The Morgan fingerprint density at radius 2 is 2.08 bits per heavy atom. The second-order valence-electron chi connectivity index (χ2n) is 6.17. The van der Waals surface area contributed by atoms with Crippen LogP contribution in [0.5, 0.6) is 0 Å². The zero-order valence-electron chi connectivity index (χ0n) is 13.5. The first-order valence-electron chi connectivity index (χ1n) is 8.13. The summed E-state index contributed by atoms with van der Waals surface area (Å²) in [7, 11) is 0. The Labute approximate surface area is 139 Å². The maximum absolute atomic E-state index is 13.9. The van der Waals surface area contributed by atoms with Gasteiger partial charge >= 0.3 is 0 Å². The normalized spacial score (nSPS) is 17.6. The maximum Gasteiger partial charge on any atom is 0.178 e. The number of rotatable bonds is 4. The fourth-order valence-corrected chi connectivity index (χ4v) is 3.17. The molecule has 1 aromatic carbocycles. The highest BCUT2D eigenvalue weighted by Crippen LogP contribution is 2.26. The van der Waals surface area contributed by atoms with E-state index in [0.29, 0.717) is 11.6 Å². The molecule has 1 saturated heterocycles. The van der Waals surface area contributed by atoms with Gasteiger partial charge in [0, 0.05) is 19.6 Å². The number of para-hydroxylation sites is 1. The minimum Gasteiger partial charge on any atom is -0.369 e. The number of hydrogen-bond acceptors (Lipinski definition) is 5. The first kappa shape index (κ1) is 14.9. The molecule has 0 aliphatic carbocycles. The lowest BCUT2D eigenvalue weighted by Gasteiger charge is -2.19. The number of aryl methyl sites for hydroxylation is 1. The molecule has 24 heavy (non-hydrogen) atoms. The predicted molar refractivity (Wildman–Crippen MR) is 90.7 cm³/mol. The molecule has 0 spiro atoms. The minimum absolute atomic E-state index is 0.152. The monoisotopic (exact) mass is 326 g/mol. The summed E-state index contributed by atoms with van der Waals surface area (Å²) in [6, 6.07) is 10.8. The lowest BCUT2D eigenvalue weighted by atomic mass is 10.1. The molecule has 1 N–H and O–H groups in total. The molecular formula is C17H19FN6. The second kappa shape index (κ2) is 6.07. The molecular weight excluding hydrogens is 307 g/mol. The summed E-state index contributed by atoms with van der Waals surface area (Å²) < 4.78 is 15.6. The molecule has 7 heteroatoms. The molecule has 1 aliphatic heterocycles. The van der Waals surface area contributed by atoms with Crippen molar-refractivity contribution in [1.29, 1.82) is 0 Å². The number of aromatic nitrogens is 4. The summed E-state index contributed by atoms with van der Waals surface area (Å²) in [5.74, 6) is 1.88. The molecule has 1 unspecified atom stereocenters. The van der Waals surface area contributed by atoms with E-state index in [1.165, 1.54) is 6.07 Å². The van der Waals surface area contributed by atoms with Crippen LogP contribution in [0.15, 0.2) is 36.4 Å². The van der Waals surface area contributed by atoms with Gasteiger partial charge in [0.2, 0.25) is 0 Å². The van der Waals surface area contributed by atoms with E-state index < -0.39 is 0 Å². The van der Waals surface area contributed by atoms with Crippen molar-refractivity contribution in [3.8, 4) is 0 Å². The van der Waals surface area contributed by atoms with E-state index in [1.807, 2.05) is 31.2 Å². The Morgan fingerprint density at radius 3 is 2.96 bits per heavy atom. The fraction of sp³-hybridized carbons (Fsp3) is 0.353. The molecule has 3 aromatic rings. The summed E-state index contributed by atoms with van der Waals surface area (Å²) in [5, 5.41) is 15.9. The molecule has 3 heterocycles. The zero-order valence-corrected chi connectivity index (χ0v) is 13.5. The molecule has 124 valence electrons. The average Bonchev–Trinajstić information content (AvgIpc) is 3.21. The first-order valence-corrected chi connectivity index (χ1v) is 8.13. The van der Waals surface area contributed by atoms with E-state index in [2.05, 4.69) is 25.5 Å². The van der Waals surface area contributed by atoms with E-state index in [0.717, 1.165) is 43.3 Å². The Bertz CT molecular complexity index is 861. The Hall–Kier alpha value is -2.70. The van der Waals surface area contributed by atoms with Crippen molar-refractivity contribution in [3.05, 3.63) is 48.0 Å². The molecule has 0 bridgehead atoms. The van der Waals surface area contributed by atoms with Crippen LogP contribution in [-0.2, 0) is 0 Å². The molecule has 0 saturated carbocycles. The third-order valence-corrected chi connectivity index (χ3v) is 4.47. The van der Waals surface area contributed by atoms with Crippen LogP contribution < -0.4 is 10.2 Å². The number of fused-ring (bicyclic) bond motifs is 1. The Balaban J connectivity index is 1.39. The van der Waals surface area contributed by atoms with E-state index in [-0.39, 0.29) is 5.82 Å². The summed E-state index contributed by atoms with van der Waals surface area (Å²) in [6.45, 7) is 4.41. The lowest BCUT2D eigenvalue weighted by molar-refractivity contribution is 0.609. The van der Waals surface area contributed by atoms with E-state index >= 15 is 0 Å². The van der Waals surface area contributed by atoms with Crippen LogP contribution in [-0.4, -0.2) is 39.4 Å². The van der Waals surface area contributed by atoms with Crippen molar-refractivity contribution >= 4 is 17.2 Å². The van der Waals surface area contributed by atoms with Crippen LogP contribution in [0.4, 0.5) is 15.9 Å². The zero-order chi connectivity index (χ0) is 16.5. The van der Waals surface area contributed by atoms with Crippen molar-refractivity contribution in [2.75, 3.05) is 29.9 Å². The molecule has 4 rings (SSSR count). The maximum atomic E-state index is 13.9. The van der Waals surface area contributed by atoms with Gasteiger partial charge in [-0.25, -0.2) is 4.39 Å². The summed E-state index contributed by atoms with van der Waals surface area (Å²) in [6.07, 6.45) is 1.04. The highest BCUT2D eigenvalue weighted by Gasteiger charge is 2.24. The van der Waals surface area contributed by atoms with Crippen LogP contribution >= 0.6 is 0 Å².